The van der Waals surface area contributed by atoms with E-state index < -0.39 is 0 Å². The maximum atomic E-state index is 5.64. The number of nitrogens with two attached hydrogens (primary N) is 1. The summed E-state index contributed by atoms with van der Waals surface area (Å²) in [7, 11) is 1.83. The van der Waals surface area contributed by atoms with E-state index in [1.807, 2.05) is 31.3 Å². The van der Waals surface area contributed by atoms with Crippen LogP contribution in [0.25, 0.3) is 0 Å². The molecular weight excluding hydrogens is 222 g/mol. The Bertz CT molecular complexity index is 521. The van der Waals surface area contributed by atoms with Crippen molar-refractivity contribution in [1.29, 1.82) is 0 Å². The zero-order valence-corrected chi connectivity index (χ0v) is 9.57. The van der Waals surface area contributed by atoms with Crippen molar-refractivity contribution < 1.29 is 4.74 Å². The van der Waals surface area contributed by atoms with E-state index in [2.05, 4.69) is 5.10 Å². The Morgan fingerprint density at radius 2 is 2.19 bits per heavy atom. The minimum absolute atomic E-state index is 0.319. The second-order valence-electron chi connectivity index (χ2n) is 3.31. The smallest absolute Gasteiger partial charge is 0.165 e. The molecule has 2 N–H and O–H groups in total. The summed E-state index contributed by atoms with van der Waals surface area (Å²) >= 11 is 4.95. The van der Waals surface area contributed by atoms with Gasteiger partial charge in [0.25, 0.3) is 0 Å². The van der Waals surface area contributed by atoms with Gasteiger partial charge in [-0.05, 0) is 12.1 Å². The van der Waals surface area contributed by atoms with Gasteiger partial charge in [0.2, 0.25) is 0 Å². The quantitative estimate of drug-likeness (QED) is 0.822. The second-order valence-corrected chi connectivity index (χ2v) is 3.75. The molecule has 0 amide bonds. The Labute approximate surface area is 98.6 Å². The lowest BCUT2D eigenvalue weighted by molar-refractivity contribution is 0.481. The summed E-state index contributed by atoms with van der Waals surface area (Å²) in [5, 5.41) is 4.01. The monoisotopic (exact) mass is 233 g/mol. The van der Waals surface area contributed by atoms with Crippen LogP contribution in [-0.4, -0.2) is 14.8 Å². The molecule has 0 atom stereocenters. The molecule has 0 fully saturated rings. The maximum absolute atomic E-state index is 5.64. The zero-order chi connectivity index (χ0) is 11.5. The fraction of sp³-hybridized carbons (Fsp3) is 0.0909. The predicted molar refractivity (Wildman–Crippen MR) is 65.6 cm³/mol. The van der Waals surface area contributed by atoms with E-state index in [-0.39, 0.29) is 0 Å². The van der Waals surface area contributed by atoms with E-state index in [9.17, 15) is 0 Å². The van der Waals surface area contributed by atoms with Crippen molar-refractivity contribution in [3.63, 3.8) is 0 Å². The van der Waals surface area contributed by atoms with Gasteiger partial charge in [-0.25, -0.2) is 0 Å². The highest BCUT2D eigenvalue weighted by molar-refractivity contribution is 7.80. The second kappa shape index (κ2) is 4.32. The molecule has 1 aromatic heterocycles. The van der Waals surface area contributed by atoms with Gasteiger partial charge in [-0.2, -0.15) is 5.10 Å². The summed E-state index contributed by atoms with van der Waals surface area (Å²) in [6, 6.07) is 7.38. The first-order valence-corrected chi connectivity index (χ1v) is 5.13. The lowest BCUT2D eigenvalue weighted by Gasteiger charge is -2.07. The van der Waals surface area contributed by atoms with Crippen molar-refractivity contribution in [1.82, 2.24) is 9.78 Å². The molecule has 1 aromatic carbocycles. The first kappa shape index (κ1) is 10.6. The fourth-order valence-corrected chi connectivity index (χ4v) is 1.51. The molecule has 16 heavy (non-hydrogen) atoms. The Morgan fingerprint density at radius 1 is 1.44 bits per heavy atom. The number of aryl methyl sites for hydroxylation is 1. The van der Waals surface area contributed by atoms with E-state index >= 15 is 0 Å². The number of aromatic nitrogens is 2. The van der Waals surface area contributed by atoms with Crippen molar-refractivity contribution in [2.45, 2.75) is 0 Å². The molecule has 0 unspecified atom stereocenters. The minimum Gasteiger partial charge on any atom is -0.453 e. The van der Waals surface area contributed by atoms with Gasteiger partial charge in [-0.1, -0.05) is 24.4 Å². The van der Waals surface area contributed by atoms with Crippen molar-refractivity contribution in [3.05, 3.63) is 42.2 Å². The van der Waals surface area contributed by atoms with Crippen LogP contribution in [0.3, 0.4) is 0 Å². The molecule has 2 aromatic rings. The van der Waals surface area contributed by atoms with Gasteiger partial charge in [0, 0.05) is 7.05 Å². The summed E-state index contributed by atoms with van der Waals surface area (Å²) in [6.07, 6.45) is 3.41. The van der Waals surface area contributed by atoms with Crippen molar-refractivity contribution in [2.75, 3.05) is 0 Å². The van der Waals surface area contributed by atoms with Gasteiger partial charge in [0.1, 0.15) is 10.7 Å². The van der Waals surface area contributed by atoms with Gasteiger partial charge in [-0.15, -0.1) is 0 Å². The molecule has 0 spiro atoms. The first-order chi connectivity index (χ1) is 7.66. The zero-order valence-electron chi connectivity index (χ0n) is 8.75. The molecule has 0 saturated carbocycles. The minimum atomic E-state index is 0.319. The Morgan fingerprint density at radius 3 is 2.81 bits per heavy atom. The molecule has 2 rings (SSSR count). The molecule has 82 valence electrons. The number of thiocarbonyl (C=S) groups is 1. The molecule has 4 nitrogen and oxygen atoms in total. The largest absolute Gasteiger partial charge is 0.453 e. The van der Waals surface area contributed by atoms with Crippen molar-refractivity contribution in [2.24, 2.45) is 12.8 Å². The van der Waals surface area contributed by atoms with Crippen LogP contribution < -0.4 is 10.5 Å². The average molecular weight is 233 g/mol. The Balaban J connectivity index is 2.31. The number of hydrogen-bond acceptors (Lipinski definition) is 3. The molecule has 0 aliphatic rings. The molecule has 0 radical (unpaired) electrons. The molecular formula is C11H11N3OS. The van der Waals surface area contributed by atoms with E-state index in [0.29, 0.717) is 16.5 Å². The van der Waals surface area contributed by atoms with Gasteiger partial charge in [-0.3, -0.25) is 4.68 Å². The summed E-state index contributed by atoms with van der Waals surface area (Å²) in [5.74, 6) is 1.30. The molecule has 0 aliphatic heterocycles. The molecule has 0 bridgehead atoms. The molecule has 1 heterocycles. The highest BCUT2D eigenvalue weighted by Gasteiger charge is 2.07. The predicted octanol–water partition coefficient (Wildman–Crippen LogP) is 1.85. The normalized spacial score (nSPS) is 10.1. The third-order valence-corrected chi connectivity index (χ3v) is 2.28. The van der Waals surface area contributed by atoms with Crippen LogP contribution >= 0.6 is 12.2 Å². The van der Waals surface area contributed by atoms with E-state index in [4.69, 9.17) is 22.7 Å². The van der Waals surface area contributed by atoms with Gasteiger partial charge >= 0.3 is 0 Å². The Kier molecular flexibility index (Phi) is 2.87. The van der Waals surface area contributed by atoms with E-state index in [1.54, 1.807) is 17.1 Å². The topological polar surface area (TPSA) is 53.1 Å². The van der Waals surface area contributed by atoms with Crippen LogP contribution in [0.4, 0.5) is 0 Å². The number of ether oxygens (including phenoxy) is 1. The lowest BCUT2D eigenvalue weighted by Crippen LogP contribution is -2.10. The van der Waals surface area contributed by atoms with Crippen LogP contribution in [0.5, 0.6) is 11.5 Å². The summed E-state index contributed by atoms with van der Waals surface area (Å²) in [4.78, 5) is 0.319. The molecule has 0 saturated heterocycles. The molecule has 5 heteroatoms. The highest BCUT2D eigenvalue weighted by atomic mass is 32.1. The number of hydrogen-bond donors (Lipinski definition) is 1. The van der Waals surface area contributed by atoms with Crippen molar-refractivity contribution >= 4 is 17.2 Å². The maximum Gasteiger partial charge on any atom is 0.165 e. The third kappa shape index (κ3) is 2.20. The summed E-state index contributed by atoms with van der Waals surface area (Å²) < 4.78 is 7.31. The van der Waals surface area contributed by atoms with Crippen LogP contribution in [0.15, 0.2) is 36.7 Å². The van der Waals surface area contributed by atoms with Crippen molar-refractivity contribution in [3.8, 4) is 11.5 Å². The highest BCUT2D eigenvalue weighted by Crippen LogP contribution is 2.24. The van der Waals surface area contributed by atoms with Gasteiger partial charge < -0.3 is 10.5 Å². The van der Waals surface area contributed by atoms with Crippen LogP contribution in [-0.2, 0) is 7.05 Å². The first-order valence-electron chi connectivity index (χ1n) is 4.72. The number of nitrogens with zero attached hydrogens (tertiary/aromatic N) is 2. The summed E-state index contributed by atoms with van der Waals surface area (Å²) in [5.41, 5.74) is 6.33. The number of rotatable bonds is 3. The van der Waals surface area contributed by atoms with Gasteiger partial charge in [0.05, 0.1) is 18.0 Å². The van der Waals surface area contributed by atoms with Crippen LogP contribution in [0.2, 0.25) is 0 Å². The van der Waals surface area contributed by atoms with Crippen LogP contribution in [0.1, 0.15) is 5.56 Å². The number of para-hydroxylation sites is 1. The SMILES string of the molecule is Cn1cc(Oc2ccccc2C(N)=S)cn1. The Hall–Kier alpha value is -1.88. The van der Waals surface area contributed by atoms with Crippen LogP contribution in [0, 0.1) is 0 Å². The van der Waals surface area contributed by atoms with E-state index in [0.717, 1.165) is 5.56 Å². The lowest BCUT2D eigenvalue weighted by atomic mass is 10.2. The average Bonchev–Trinajstić information content (AvgIpc) is 2.64. The third-order valence-electron chi connectivity index (χ3n) is 2.06. The number of benzene rings is 1. The summed E-state index contributed by atoms with van der Waals surface area (Å²) in [6.45, 7) is 0. The van der Waals surface area contributed by atoms with Gasteiger partial charge in [0.15, 0.2) is 5.75 Å². The standard InChI is InChI=1S/C11H11N3OS/c1-14-7-8(6-13-14)15-10-5-3-2-4-9(10)11(12)16/h2-7H,1H3,(H2,12,16). The fourth-order valence-electron chi connectivity index (χ4n) is 1.34. The molecule has 0 aliphatic carbocycles. The van der Waals surface area contributed by atoms with E-state index in [1.165, 1.54) is 0 Å².